The smallest absolute Gasteiger partial charge is 0.339 e. The maximum atomic E-state index is 11.2. The van der Waals surface area contributed by atoms with E-state index in [1.807, 2.05) is 37.3 Å². The summed E-state index contributed by atoms with van der Waals surface area (Å²) in [6, 6.07) is 14.5. The number of hydrogen-bond donors (Lipinski definition) is 1. The summed E-state index contributed by atoms with van der Waals surface area (Å²) < 4.78 is 5.72. The fourth-order valence-corrected chi connectivity index (χ4v) is 2.12. The SMILES string of the molecule is Cc1ccc(C(=O)O)c(Oc2cnc3ccccc3c2)c1. The van der Waals surface area contributed by atoms with Crippen LogP contribution >= 0.6 is 0 Å². The van der Waals surface area contributed by atoms with E-state index in [1.165, 1.54) is 0 Å². The number of nitrogens with zero attached hydrogens (tertiary/aromatic N) is 1. The molecule has 0 amide bonds. The van der Waals surface area contributed by atoms with Gasteiger partial charge in [-0.2, -0.15) is 0 Å². The number of fused-ring (bicyclic) bond motifs is 1. The van der Waals surface area contributed by atoms with Crippen LogP contribution in [0.5, 0.6) is 11.5 Å². The number of pyridine rings is 1. The summed E-state index contributed by atoms with van der Waals surface area (Å²) in [7, 11) is 0. The molecule has 0 saturated heterocycles. The molecule has 0 radical (unpaired) electrons. The van der Waals surface area contributed by atoms with E-state index in [-0.39, 0.29) is 5.56 Å². The lowest BCUT2D eigenvalue weighted by molar-refractivity contribution is 0.0694. The molecule has 1 heterocycles. The van der Waals surface area contributed by atoms with Gasteiger partial charge in [0.1, 0.15) is 17.1 Å². The maximum Gasteiger partial charge on any atom is 0.339 e. The quantitative estimate of drug-likeness (QED) is 0.786. The van der Waals surface area contributed by atoms with Crippen LogP contribution < -0.4 is 4.74 Å². The van der Waals surface area contributed by atoms with Gasteiger partial charge >= 0.3 is 5.97 Å². The van der Waals surface area contributed by atoms with Crippen LogP contribution in [0.15, 0.2) is 54.7 Å². The van der Waals surface area contributed by atoms with Crippen molar-refractivity contribution in [3.8, 4) is 11.5 Å². The van der Waals surface area contributed by atoms with Crippen molar-refractivity contribution < 1.29 is 14.6 Å². The molecule has 4 nitrogen and oxygen atoms in total. The molecule has 0 atom stereocenters. The van der Waals surface area contributed by atoms with Gasteiger partial charge in [0.25, 0.3) is 0 Å². The molecule has 3 rings (SSSR count). The maximum absolute atomic E-state index is 11.2. The third-order valence-corrected chi connectivity index (χ3v) is 3.16. The fraction of sp³-hybridized carbons (Fsp3) is 0.0588. The summed E-state index contributed by atoms with van der Waals surface area (Å²) in [6.45, 7) is 1.89. The Balaban J connectivity index is 2.02. The zero-order valence-corrected chi connectivity index (χ0v) is 11.4. The first-order valence-electron chi connectivity index (χ1n) is 6.50. The second-order valence-electron chi connectivity index (χ2n) is 4.77. The van der Waals surface area contributed by atoms with Gasteiger partial charge in [-0.05, 0) is 36.8 Å². The molecule has 0 spiro atoms. The van der Waals surface area contributed by atoms with Crippen molar-refractivity contribution in [2.75, 3.05) is 0 Å². The van der Waals surface area contributed by atoms with Crippen molar-refractivity contribution in [2.45, 2.75) is 6.92 Å². The normalized spacial score (nSPS) is 10.5. The predicted molar refractivity (Wildman–Crippen MR) is 80.0 cm³/mol. The second-order valence-corrected chi connectivity index (χ2v) is 4.77. The Kier molecular flexibility index (Phi) is 3.28. The van der Waals surface area contributed by atoms with Gasteiger partial charge in [0, 0.05) is 5.39 Å². The molecule has 21 heavy (non-hydrogen) atoms. The lowest BCUT2D eigenvalue weighted by Gasteiger charge is -2.10. The number of benzene rings is 2. The van der Waals surface area contributed by atoms with Gasteiger partial charge in [-0.1, -0.05) is 24.3 Å². The van der Waals surface area contributed by atoms with Crippen molar-refractivity contribution in [3.63, 3.8) is 0 Å². The van der Waals surface area contributed by atoms with E-state index in [9.17, 15) is 9.90 Å². The molecule has 0 bridgehead atoms. The van der Waals surface area contributed by atoms with Gasteiger partial charge in [0.15, 0.2) is 0 Å². The second kappa shape index (κ2) is 5.25. The van der Waals surface area contributed by atoms with Crippen molar-refractivity contribution in [1.29, 1.82) is 0 Å². The van der Waals surface area contributed by atoms with Crippen LogP contribution in [-0.4, -0.2) is 16.1 Å². The zero-order chi connectivity index (χ0) is 14.8. The van der Waals surface area contributed by atoms with E-state index in [4.69, 9.17) is 4.74 Å². The number of carboxylic acids is 1. The van der Waals surface area contributed by atoms with Gasteiger partial charge in [0.2, 0.25) is 0 Å². The van der Waals surface area contributed by atoms with E-state index in [0.29, 0.717) is 11.5 Å². The molecule has 2 aromatic carbocycles. The minimum Gasteiger partial charge on any atom is -0.478 e. The number of para-hydroxylation sites is 1. The monoisotopic (exact) mass is 279 g/mol. The lowest BCUT2D eigenvalue weighted by atomic mass is 10.1. The number of carboxylic acid groups (broad SMARTS) is 1. The molecule has 0 unspecified atom stereocenters. The molecule has 0 aliphatic carbocycles. The molecule has 1 aromatic heterocycles. The predicted octanol–water partition coefficient (Wildman–Crippen LogP) is 4.03. The van der Waals surface area contributed by atoms with Crippen molar-refractivity contribution >= 4 is 16.9 Å². The van der Waals surface area contributed by atoms with E-state index in [2.05, 4.69) is 4.98 Å². The summed E-state index contributed by atoms with van der Waals surface area (Å²) in [4.78, 5) is 15.5. The highest BCUT2D eigenvalue weighted by Gasteiger charge is 2.12. The summed E-state index contributed by atoms with van der Waals surface area (Å²) in [5, 5.41) is 10.2. The molecule has 104 valence electrons. The van der Waals surface area contributed by atoms with Crippen LogP contribution in [0.4, 0.5) is 0 Å². The van der Waals surface area contributed by atoms with Gasteiger partial charge in [0.05, 0.1) is 11.7 Å². The van der Waals surface area contributed by atoms with Crippen LogP contribution in [-0.2, 0) is 0 Å². The van der Waals surface area contributed by atoms with Crippen LogP contribution in [0.2, 0.25) is 0 Å². The number of hydrogen-bond acceptors (Lipinski definition) is 3. The Labute approximate surface area is 121 Å². The number of aromatic carboxylic acids is 1. The highest BCUT2D eigenvalue weighted by Crippen LogP contribution is 2.28. The molecule has 3 aromatic rings. The van der Waals surface area contributed by atoms with Crippen molar-refractivity contribution in [3.05, 3.63) is 65.9 Å². The number of rotatable bonds is 3. The minimum atomic E-state index is -1.02. The number of aryl methyl sites for hydroxylation is 1. The average molecular weight is 279 g/mol. The first-order chi connectivity index (χ1) is 10.1. The molecule has 0 aliphatic heterocycles. The number of ether oxygens (including phenoxy) is 1. The lowest BCUT2D eigenvalue weighted by Crippen LogP contribution is -2.00. The average Bonchev–Trinajstić information content (AvgIpc) is 2.47. The highest BCUT2D eigenvalue weighted by molar-refractivity contribution is 5.91. The Morgan fingerprint density at radius 3 is 2.76 bits per heavy atom. The molecule has 0 saturated carbocycles. The summed E-state index contributed by atoms with van der Waals surface area (Å²) in [5.74, 6) is -0.180. The molecule has 1 N–H and O–H groups in total. The van der Waals surface area contributed by atoms with E-state index < -0.39 is 5.97 Å². The van der Waals surface area contributed by atoms with Crippen molar-refractivity contribution in [2.24, 2.45) is 0 Å². The Bertz CT molecular complexity index is 827. The number of carbonyl (C=O) groups is 1. The van der Waals surface area contributed by atoms with E-state index >= 15 is 0 Å². The van der Waals surface area contributed by atoms with Gasteiger partial charge < -0.3 is 9.84 Å². The molecule has 0 aliphatic rings. The Hall–Kier alpha value is -2.88. The number of aromatic nitrogens is 1. The summed E-state index contributed by atoms with van der Waals surface area (Å²) in [6.07, 6.45) is 1.59. The first-order valence-corrected chi connectivity index (χ1v) is 6.50. The third kappa shape index (κ3) is 2.69. The van der Waals surface area contributed by atoms with Crippen LogP contribution in [0.1, 0.15) is 15.9 Å². The molecular weight excluding hydrogens is 266 g/mol. The Morgan fingerprint density at radius 1 is 1.14 bits per heavy atom. The molecule has 0 fully saturated rings. The van der Waals surface area contributed by atoms with Crippen LogP contribution in [0.3, 0.4) is 0 Å². The zero-order valence-electron chi connectivity index (χ0n) is 11.4. The van der Waals surface area contributed by atoms with Crippen molar-refractivity contribution in [1.82, 2.24) is 4.98 Å². The Morgan fingerprint density at radius 2 is 1.95 bits per heavy atom. The molecule has 4 heteroatoms. The summed E-state index contributed by atoms with van der Waals surface area (Å²) >= 11 is 0. The fourth-order valence-electron chi connectivity index (χ4n) is 2.12. The van der Waals surface area contributed by atoms with Crippen LogP contribution in [0.25, 0.3) is 10.9 Å². The van der Waals surface area contributed by atoms with Gasteiger partial charge in [-0.15, -0.1) is 0 Å². The van der Waals surface area contributed by atoms with Gasteiger partial charge in [-0.3, -0.25) is 4.98 Å². The minimum absolute atomic E-state index is 0.133. The largest absolute Gasteiger partial charge is 0.478 e. The van der Waals surface area contributed by atoms with Gasteiger partial charge in [-0.25, -0.2) is 4.79 Å². The van der Waals surface area contributed by atoms with E-state index in [0.717, 1.165) is 16.5 Å². The van der Waals surface area contributed by atoms with Crippen LogP contribution in [0, 0.1) is 6.92 Å². The summed E-state index contributed by atoms with van der Waals surface area (Å²) in [5.41, 5.74) is 1.94. The third-order valence-electron chi connectivity index (χ3n) is 3.16. The molecular formula is C17H13NO3. The highest BCUT2D eigenvalue weighted by atomic mass is 16.5. The first kappa shape index (κ1) is 13.1. The van der Waals surface area contributed by atoms with E-state index in [1.54, 1.807) is 24.4 Å². The topological polar surface area (TPSA) is 59.4 Å². The standard InChI is InChI=1S/C17H13NO3/c1-11-6-7-14(17(19)20)16(8-11)21-13-9-12-4-2-3-5-15(12)18-10-13/h2-10H,1H3,(H,19,20).